The van der Waals surface area contributed by atoms with E-state index in [1.807, 2.05) is 19.2 Å². The van der Waals surface area contributed by atoms with Crippen molar-refractivity contribution in [1.82, 2.24) is 4.98 Å². The number of rotatable bonds is 2. The van der Waals surface area contributed by atoms with Gasteiger partial charge in [0.15, 0.2) is 0 Å². The van der Waals surface area contributed by atoms with Gasteiger partial charge in [0.05, 0.1) is 7.11 Å². The van der Waals surface area contributed by atoms with Gasteiger partial charge in [0.1, 0.15) is 5.69 Å². The lowest BCUT2D eigenvalue weighted by atomic mass is 9.88. The Hall–Kier alpha value is -1.38. The van der Waals surface area contributed by atoms with Crippen LogP contribution in [0.5, 0.6) is 5.88 Å². The zero-order valence-electron chi connectivity index (χ0n) is 10.0. The van der Waals surface area contributed by atoms with Crippen molar-refractivity contribution in [2.24, 2.45) is 4.99 Å². The van der Waals surface area contributed by atoms with Crippen LogP contribution in [0.3, 0.4) is 0 Å². The fourth-order valence-corrected chi connectivity index (χ4v) is 1.24. The minimum atomic E-state index is 0.0806. The number of ether oxygens (including phenoxy) is 1. The van der Waals surface area contributed by atoms with E-state index in [0.717, 1.165) is 11.3 Å². The molecule has 15 heavy (non-hydrogen) atoms. The molecular formula is C12H18N2O. The quantitative estimate of drug-likeness (QED) is 0.697. The summed E-state index contributed by atoms with van der Waals surface area (Å²) in [4.78, 5) is 8.49. The molecule has 0 unspecified atom stereocenters. The van der Waals surface area contributed by atoms with E-state index < -0.39 is 0 Å². The molecule has 3 nitrogen and oxygen atoms in total. The molecule has 0 saturated carbocycles. The highest BCUT2D eigenvalue weighted by Crippen LogP contribution is 2.30. The summed E-state index contributed by atoms with van der Waals surface area (Å²) in [6, 6.07) is 2.02. The van der Waals surface area contributed by atoms with Crippen molar-refractivity contribution in [3.63, 3.8) is 0 Å². The Bertz CT molecular complexity index is 364. The van der Waals surface area contributed by atoms with Crippen LogP contribution in [-0.2, 0) is 5.41 Å². The van der Waals surface area contributed by atoms with Crippen LogP contribution in [0.4, 0.5) is 5.69 Å². The van der Waals surface area contributed by atoms with Gasteiger partial charge in [-0.3, -0.25) is 4.99 Å². The molecule has 0 bridgehead atoms. The number of nitrogens with zero attached hydrogens (tertiary/aromatic N) is 2. The Balaban J connectivity index is 3.22. The maximum atomic E-state index is 5.14. The van der Waals surface area contributed by atoms with Gasteiger partial charge >= 0.3 is 0 Å². The fourth-order valence-electron chi connectivity index (χ4n) is 1.24. The van der Waals surface area contributed by atoms with Crippen molar-refractivity contribution in [3.8, 4) is 5.88 Å². The van der Waals surface area contributed by atoms with Gasteiger partial charge < -0.3 is 4.74 Å². The molecule has 0 amide bonds. The van der Waals surface area contributed by atoms with Crippen LogP contribution in [0.1, 0.15) is 33.3 Å². The Morgan fingerprint density at radius 3 is 2.53 bits per heavy atom. The van der Waals surface area contributed by atoms with Crippen LogP contribution < -0.4 is 4.74 Å². The van der Waals surface area contributed by atoms with Gasteiger partial charge in [-0.05, 0) is 24.0 Å². The molecule has 0 aliphatic heterocycles. The van der Waals surface area contributed by atoms with E-state index in [1.165, 1.54) is 0 Å². The second-order valence-electron chi connectivity index (χ2n) is 4.39. The molecule has 82 valence electrons. The van der Waals surface area contributed by atoms with Gasteiger partial charge in [0.25, 0.3) is 0 Å². The average molecular weight is 206 g/mol. The van der Waals surface area contributed by atoms with Gasteiger partial charge in [-0.15, -0.1) is 0 Å². The SMILES string of the molecule is C/C=N\c1cc(C(C)(C)C)cnc1OC. The van der Waals surface area contributed by atoms with Crippen molar-refractivity contribution in [1.29, 1.82) is 0 Å². The van der Waals surface area contributed by atoms with Crippen LogP contribution in [-0.4, -0.2) is 18.3 Å². The zero-order valence-corrected chi connectivity index (χ0v) is 10.0. The molecule has 0 fully saturated rings. The van der Waals surface area contributed by atoms with Crippen LogP contribution >= 0.6 is 0 Å². The summed E-state index contributed by atoms with van der Waals surface area (Å²) in [5, 5.41) is 0. The van der Waals surface area contributed by atoms with E-state index in [2.05, 4.69) is 30.7 Å². The van der Waals surface area contributed by atoms with E-state index in [1.54, 1.807) is 13.3 Å². The summed E-state index contributed by atoms with van der Waals surface area (Å²) >= 11 is 0. The molecule has 0 N–H and O–H groups in total. The lowest BCUT2D eigenvalue weighted by molar-refractivity contribution is 0.398. The molecule has 1 aromatic rings. The molecular weight excluding hydrogens is 188 g/mol. The van der Waals surface area contributed by atoms with Gasteiger partial charge in [-0.1, -0.05) is 20.8 Å². The summed E-state index contributed by atoms with van der Waals surface area (Å²) in [6.07, 6.45) is 3.58. The summed E-state index contributed by atoms with van der Waals surface area (Å²) < 4.78 is 5.14. The smallest absolute Gasteiger partial charge is 0.239 e. The normalized spacial score (nSPS) is 12.1. The van der Waals surface area contributed by atoms with Crippen molar-refractivity contribution in [3.05, 3.63) is 17.8 Å². The number of methoxy groups -OCH3 is 1. The first kappa shape index (κ1) is 11.7. The molecule has 1 aromatic heterocycles. The zero-order chi connectivity index (χ0) is 11.5. The third-order valence-corrected chi connectivity index (χ3v) is 2.16. The topological polar surface area (TPSA) is 34.5 Å². The first-order chi connectivity index (χ1) is 6.99. The van der Waals surface area contributed by atoms with Crippen LogP contribution in [0.2, 0.25) is 0 Å². The van der Waals surface area contributed by atoms with E-state index in [4.69, 9.17) is 4.74 Å². The number of aromatic nitrogens is 1. The summed E-state index contributed by atoms with van der Waals surface area (Å²) in [5.41, 5.74) is 2.02. The second kappa shape index (κ2) is 4.43. The number of hydrogen-bond acceptors (Lipinski definition) is 3. The fraction of sp³-hybridized carbons (Fsp3) is 0.500. The third-order valence-electron chi connectivity index (χ3n) is 2.16. The molecule has 0 aliphatic rings. The van der Waals surface area contributed by atoms with E-state index in [-0.39, 0.29) is 5.41 Å². The number of aliphatic imine (C=N–C) groups is 1. The standard InChI is InChI=1S/C12H18N2O/c1-6-13-10-7-9(12(2,3)4)8-14-11(10)15-5/h6-8H,1-5H3/b13-6-. The van der Waals surface area contributed by atoms with Gasteiger partial charge in [-0.2, -0.15) is 0 Å². The minimum Gasteiger partial charge on any atom is -0.479 e. The Kier molecular flexibility index (Phi) is 3.45. The summed E-state index contributed by atoms with van der Waals surface area (Å²) in [5.74, 6) is 0.570. The molecule has 0 aromatic carbocycles. The van der Waals surface area contributed by atoms with Gasteiger partial charge in [0, 0.05) is 12.4 Å². The molecule has 0 spiro atoms. The van der Waals surface area contributed by atoms with Crippen molar-refractivity contribution >= 4 is 11.9 Å². The highest BCUT2D eigenvalue weighted by molar-refractivity contribution is 5.63. The average Bonchev–Trinajstić information content (AvgIpc) is 2.17. The Morgan fingerprint density at radius 2 is 2.07 bits per heavy atom. The highest BCUT2D eigenvalue weighted by atomic mass is 16.5. The van der Waals surface area contributed by atoms with Crippen molar-refractivity contribution < 1.29 is 4.74 Å². The molecule has 1 heterocycles. The van der Waals surface area contributed by atoms with E-state index >= 15 is 0 Å². The maximum Gasteiger partial charge on any atom is 0.239 e. The van der Waals surface area contributed by atoms with E-state index in [0.29, 0.717) is 5.88 Å². The second-order valence-corrected chi connectivity index (χ2v) is 4.39. The largest absolute Gasteiger partial charge is 0.479 e. The first-order valence-electron chi connectivity index (χ1n) is 5.02. The van der Waals surface area contributed by atoms with Crippen LogP contribution in [0.15, 0.2) is 17.3 Å². The maximum absolute atomic E-state index is 5.14. The molecule has 0 saturated heterocycles. The summed E-state index contributed by atoms with van der Waals surface area (Å²) in [6.45, 7) is 8.32. The molecule has 0 radical (unpaired) electrons. The lowest BCUT2D eigenvalue weighted by Gasteiger charge is -2.19. The predicted molar refractivity (Wildman–Crippen MR) is 63.3 cm³/mol. The molecule has 0 atom stereocenters. The number of pyridine rings is 1. The van der Waals surface area contributed by atoms with Gasteiger partial charge in [-0.25, -0.2) is 4.98 Å². The van der Waals surface area contributed by atoms with E-state index in [9.17, 15) is 0 Å². The monoisotopic (exact) mass is 206 g/mol. The minimum absolute atomic E-state index is 0.0806. The first-order valence-corrected chi connectivity index (χ1v) is 5.02. The Labute approximate surface area is 91.2 Å². The highest BCUT2D eigenvalue weighted by Gasteiger charge is 2.16. The summed E-state index contributed by atoms with van der Waals surface area (Å²) in [7, 11) is 1.60. The Morgan fingerprint density at radius 1 is 1.40 bits per heavy atom. The van der Waals surface area contributed by atoms with Crippen molar-refractivity contribution in [2.75, 3.05) is 7.11 Å². The third kappa shape index (κ3) is 2.78. The van der Waals surface area contributed by atoms with Crippen molar-refractivity contribution in [2.45, 2.75) is 33.1 Å². The molecule has 3 heteroatoms. The molecule has 1 rings (SSSR count). The number of hydrogen-bond donors (Lipinski definition) is 0. The van der Waals surface area contributed by atoms with Crippen LogP contribution in [0.25, 0.3) is 0 Å². The van der Waals surface area contributed by atoms with Crippen LogP contribution in [0, 0.1) is 0 Å². The molecule has 0 aliphatic carbocycles. The van der Waals surface area contributed by atoms with Gasteiger partial charge in [0.2, 0.25) is 5.88 Å². The lowest BCUT2D eigenvalue weighted by Crippen LogP contribution is -2.11. The predicted octanol–water partition coefficient (Wildman–Crippen LogP) is 3.11.